The minimum Gasteiger partial charge on any atom is -0.459 e. The molecule has 1 N–H and O–H groups in total. The zero-order valence-corrected chi connectivity index (χ0v) is 20.2. The fourth-order valence-electron chi connectivity index (χ4n) is 3.25. The zero-order chi connectivity index (χ0) is 26.2. The molecule has 1 fully saturated rings. The lowest BCUT2D eigenvalue weighted by Crippen LogP contribution is -2.59. The molecule has 1 aliphatic heterocycles. The zero-order valence-electron chi connectivity index (χ0n) is 18.6. The van der Waals surface area contributed by atoms with Crippen molar-refractivity contribution in [2.45, 2.75) is 69.2 Å². The first-order valence-electron chi connectivity index (χ1n) is 9.67. The first kappa shape index (κ1) is 27.6. The Morgan fingerprint density at radius 2 is 1.79 bits per heavy atom. The summed E-state index contributed by atoms with van der Waals surface area (Å²) < 4.78 is 63.7. The van der Waals surface area contributed by atoms with Gasteiger partial charge in [-0.25, -0.2) is 9.59 Å². The van der Waals surface area contributed by atoms with Gasteiger partial charge in [0.1, 0.15) is 11.4 Å². The molecule has 0 aliphatic carbocycles. The maximum Gasteiger partial charge on any atom is 0.424 e. The molecule has 2 heterocycles. The van der Waals surface area contributed by atoms with Crippen LogP contribution in [0, 0.1) is 6.92 Å². The number of ether oxygens (including phenoxy) is 4. The molecule has 2 rings (SSSR count). The van der Waals surface area contributed by atoms with Gasteiger partial charge in [0.05, 0.1) is 0 Å². The highest BCUT2D eigenvalue weighted by Gasteiger charge is 2.71. The average molecular weight is 559 g/mol. The maximum absolute atomic E-state index is 14.4. The second-order valence-corrected chi connectivity index (χ2v) is 9.09. The van der Waals surface area contributed by atoms with Gasteiger partial charge in [-0.05, 0) is 20.8 Å². The predicted molar refractivity (Wildman–Crippen MR) is 110 cm³/mol. The number of H-pyrrole nitrogens is 1. The van der Waals surface area contributed by atoms with Crippen LogP contribution in [-0.2, 0) is 33.3 Å². The Labute approximate surface area is 198 Å². The summed E-state index contributed by atoms with van der Waals surface area (Å²) in [6.45, 7) is 3.87. The molecule has 0 amide bonds. The number of aromatic amines is 1. The number of rotatable bonds is 6. The Kier molecular flexibility index (Phi) is 7.72. The second-order valence-electron chi connectivity index (χ2n) is 8.03. The number of halogens is 4. The fourth-order valence-corrected chi connectivity index (χ4v) is 4.15. The molecule has 34 heavy (non-hydrogen) atoms. The van der Waals surface area contributed by atoms with Gasteiger partial charge in [-0.2, -0.15) is 13.2 Å². The van der Waals surface area contributed by atoms with Gasteiger partial charge in [0.2, 0.25) is 11.2 Å². The number of carbonyl (C=O) groups is 3. The topological polar surface area (TPSA) is 143 Å². The second kappa shape index (κ2) is 9.52. The van der Waals surface area contributed by atoms with Gasteiger partial charge in [0, 0.05) is 25.6 Å². The van der Waals surface area contributed by atoms with Crippen LogP contribution in [0.4, 0.5) is 13.2 Å². The van der Waals surface area contributed by atoms with E-state index in [-0.39, 0.29) is 5.56 Å². The van der Waals surface area contributed by atoms with Crippen molar-refractivity contribution < 1.29 is 46.5 Å². The van der Waals surface area contributed by atoms with Gasteiger partial charge >= 0.3 is 29.8 Å². The maximum atomic E-state index is 14.4. The standard InChI is InChI=1S/C19H22BrF3N2O9/c1-8-6-25(16(30)24-13(8)28)14-11(20)12(32-9(2)26)18(34-14,19(21,22)23)7-31-15(29)17(4,5)33-10(3)27/h6,11-12,14H,7H2,1-5H3,(H,24,28,30)/t11-,12+,14-,18-/m1/s1. The predicted octanol–water partition coefficient (Wildman–Crippen LogP) is 1.26. The van der Waals surface area contributed by atoms with Crippen LogP contribution in [0.3, 0.4) is 0 Å². The minimum atomic E-state index is -5.29. The smallest absolute Gasteiger partial charge is 0.424 e. The van der Waals surface area contributed by atoms with Crippen molar-refractivity contribution in [3.05, 3.63) is 32.6 Å². The van der Waals surface area contributed by atoms with E-state index >= 15 is 0 Å². The number of esters is 3. The molecule has 0 saturated carbocycles. The Bertz CT molecular complexity index is 1100. The molecule has 190 valence electrons. The van der Waals surface area contributed by atoms with E-state index in [0.717, 1.165) is 33.9 Å². The van der Waals surface area contributed by atoms with Crippen molar-refractivity contribution in [1.82, 2.24) is 9.55 Å². The van der Waals surface area contributed by atoms with Crippen LogP contribution in [0.5, 0.6) is 0 Å². The third kappa shape index (κ3) is 5.35. The largest absolute Gasteiger partial charge is 0.459 e. The highest BCUT2D eigenvalue weighted by molar-refractivity contribution is 9.09. The number of aryl methyl sites for hydroxylation is 1. The quantitative estimate of drug-likeness (QED) is 0.310. The third-order valence-corrected chi connectivity index (χ3v) is 5.79. The number of hydrogen-bond donors (Lipinski definition) is 1. The van der Waals surface area contributed by atoms with Gasteiger partial charge in [-0.1, -0.05) is 15.9 Å². The SMILES string of the molecule is CC(=O)O[C@H]1[C@@H](Br)[C@H](n2cc(C)c(=O)[nH]c2=O)O[C@@]1(COC(=O)C(C)(C)OC(C)=O)C(F)(F)F. The molecule has 1 aliphatic rings. The molecule has 11 nitrogen and oxygen atoms in total. The van der Waals surface area contributed by atoms with Crippen molar-refractivity contribution in [2.75, 3.05) is 6.61 Å². The van der Waals surface area contributed by atoms with Crippen molar-refractivity contribution in [2.24, 2.45) is 0 Å². The fraction of sp³-hybridized carbons (Fsp3) is 0.632. The van der Waals surface area contributed by atoms with E-state index in [1.807, 2.05) is 4.98 Å². The van der Waals surface area contributed by atoms with E-state index < -0.39 is 70.3 Å². The van der Waals surface area contributed by atoms with Gasteiger partial charge in [-0.3, -0.25) is 23.9 Å². The summed E-state index contributed by atoms with van der Waals surface area (Å²) in [5, 5.41) is 0. The highest BCUT2D eigenvalue weighted by Crippen LogP contribution is 2.50. The Morgan fingerprint density at radius 1 is 1.21 bits per heavy atom. The molecule has 0 aromatic carbocycles. The average Bonchev–Trinajstić information content (AvgIpc) is 2.94. The van der Waals surface area contributed by atoms with E-state index in [4.69, 9.17) is 18.9 Å². The monoisotopic (exact) mass is 558 g/mol. The van der Waals surface area contributed by atoms with Crippen LogP contribution in [0.2, 0.25) is 0 Å². The van der Waals surface area contributed by atoms with E-state index in [2.05, 4.69) is 15.9 Å². The van der Waals surface area contributed by atoms with Crippen LogP contribution in [0.1, 0.15) is 39.5 Å². The minimum absolute atomic E-state index is 0.00833. The summed E-state index contributed by atoms with van der Waals surface area (Å²) in [5.74, 6) is -3.32. The molecule has 1 aromatic heterocycles. The number of nitrogens with one attached hydrogen (secondary N) is 1. The summed E-state index contributed by atoms with van der Waals surface area (Å²) in [6, 6.07) is 0. The van der Waals surface area contributed by atoms with Crippen molar-refractivity contribution >= 4 is 33.8 Å². The lowest BCUT2D eigenvalue weighted by Gasteiger charge is -2.35. The highest BCUT2D eigenvalue weighted by atomic mass is 79.9. The van der Waals surface area contributed by atoms with Crippen LogP contribution in [0.15, 0.2) is 15.8 Å². The summed E-state index contributed by atoms with van der Waals surface area (Å²) >= 11 is 3.00. The molecule has 15 heteroatoms. The molecule has 1 aromatic rings. The molecule has 1 saturated heterocycles. The Balaban J connectivity index is 2.55. The first-order valence-corrected chi connectivity index (χ1v) is 10.6. The molecule has 0 unspecified atom stereocenters. The summed E-state index contributed by atoms with van der Waals surface area (Å²) in [7, 11) is 0. The van der Waals surface area contributed by atoms with E-state index in [9.17, 15) is 37.1 Å². The van der Waals surface area contributed by atoms with Crippen LogP contribution >= 0.6 is 15.9 Å². The Morgan fingerprint density at radius 3 is 2.29 bits per heavy atom. The third-order valence-electron chi connectivity index (χ3n) is 4.85. The number of alkyl halides is 4. The van der Waals surface area contributed by atoms with Gasteiger partial charge < -0.3 is 18.9 Å². The molecular formula is C19H22BrF3N2O9. The van der Waals surface area contributed by atoms with Crippen LogP contribution in [0.25, 0.3) is 0 Å². The van der Waals surface area contributed by atoms with E-state index in [1.54, 1.807) is 0 Å². The number of nitrogens with zero attached hydrogens (tertiary/aromatic N) is 1. The summed E-state index contributed by atoms with van der Waals surface area (Å²) in [5.41, 5.74) is -7.22. The molecule has 0 radical (unpaired) electrons. The van der Waals surface area contributed by atoms with E-state index in [0.29, 0.717) is 4.57 Å². The summed E-state index contributed by atoms with van der Waals surface area (Å²) in [6.07, 6.45) is -8.18. The number of carbonyl (C=O) groups excluding carboxylic acids is 3. The van der Waals surface area contributed by atoms with Gasteiger partial charge in [0.15, 0.2) is 12.3 Å². The van der Waals surface area contributed by atoms with Crippen molar-refractivity contribution in [3.63, 3.8) is 0 Å². The first-order chi connectivity index (χ1) is 15.4. The molecular weight excluding hydrogens is 537 g/mol. The van der Waals surface area contributed by atoms with Crippen LogP contribution < -0.4 is 11.2 Å². The molecule has 4 atom stereocenters. The Hall–Kier alpha value is -2.68. The molecule has 0 bridgehead atoms. The molecule has 0 spiro atoms. The normalized spacial score (nSPS) is 25.0. The van der Waals surface area contributed by atoms with Crippen LogP contribution in [-0.4, -0.2) is 62.4 Å². The lowest BCUT2D eigenvalue weighted by atomic mass is 9.96. The lowest BCUT2D eigenvalue weighted by molar-refractivity contribution is -0.309. The van der Waals surface area contributed by atoms with Gasteiger partial charge in [-0.15, -0.1) is 0 Å². The number of aromatic nitrogens is 2. The van der Waals surface area contributed by atoms with Crippen molar-refractivity contribution in [1.29, 1.82) is 0 Å². The van der Waals surface area contributed by atoms with E-state index in [1.165, 1.54) is 6.92 Å². The van der Waals surface area contributed by atoms with Gasteiger partial charge in [0.25, 0.3) is 5.56 Å². The summed E-state index contributed by atoms with van der Waals surface area (Å²) in [4.78, 5) is 59.7. The number of hydrogen-bond acceptors (Lipinski definition) is 9. The van der Waals surface area contributed by atoms with Crippen molar-refractivity contribution in [3.8, 4) is 0 Å².